The molecule has 0 aliphatic carbocycles. The molecule has 1 aliphatic rings. The number of carboxylic acids is 1. The summed E-state index contributed by atoms with van der Waals surface area (Å²) in [6.07, 6.45) is 0.598. The summed E-state index contributed by atoms with van der Waals surface area (Å²) in [5.74, 6) is 0.478. The molecule has 1 atom stereocenters. The Hall–Kier alpha value is -3.91. The number of hydrogen-bond acceptors (Lipinski definition) is 6. The van der Waals surface area contributed by atoms with Crippen LogP contribution in [0.2, 0.25) is 5.02 Å². The number of benzene rings is 3. The molecule has 36 heavy (non-hydrogen) atoms. The van der Waals surface area contributed by atoms with E-state index in [4.69, 9.17) is 30.5 Å². The van der Waals surface area contributed by atoms with E-state index < -0.39 is 11.6 Å². The summed E-state index contributed by atoms with van der Waals surface area (Å²) >= 11 is 6.43. The Kier molecular flexibility index (Phi) is 7.55. The largest absolute Gasteiger partial charge is 0.496 e. The van der Waals surface area contributed by atoms with Gasteiger partial charge in [-0.25, -0.2) is 4.79 Å². The molecule has 1 heterocycles. The van der Waals surface area contributed by atoms with E-state index in [9.17, 15) is 14.7 Å². The van der Waals surface area contributed by atoms with Crippen LogP contribution in [0.15, 0.2) is 60.7 Å². The van der Waals surface area contributed by atoms with Crippen molar-refractivity contribution < 1.29 is 33.6 Å². The fraction of sp³-hybridized carbons (Fsp3) is 0.259. The average Bonchev–Trinajstić information content (AvgIpc) is 2.89. The van der Waals surface area contributed by atoms with E-state index in [1.54, 1.807) is 44.6 Å². The van der Waals surface area contributed by atoms with E-state index in [0.29, 0.717) is 41.3 Å². The van der Waals surface area contributed by atoms with Gasteiger partial charge in [0.15, 0.2) is 0 Å². The lowest BCUT2D eigenvalue weighted by Crippen LogP contribution is -2.45. The molecule has 0 saturated heterocycles. The fourth-order valence-corrected chi connectivity index (χ4v) is 4.45. The number of fused-ring (bicyclic) bond motifs is 1. The van der Waals surface area contributed by atoms with Crippen molar-refractivity contribution in [2.24, 2.45) is 0 Å². The molecule has 0 saturated carbocycles. The lowest BCUT2D eigenvalue weighted by molar-refractivity contribution is -0.159. The maximum Gasteiger partial charge on any atom is 0.353 e. The molecule has 0 aromatic heterocycles. The van der Waals surface area contributed by atoms with Gasteiger partial charge in [-0.3, -0.25) is 4.79 Å². The Labute approximate surface area is 213 Å². The van der Waals surface area contributed by atoms with Gasteiger partial charge in [0.2, 0.25) is 5.60 Å². The van der Waals surface area contributed by atoms with Gasteiger partial charge in [-0.15, -0.1) is 0 Å². The zero-order valence-electron chi connectivity index (χ0n) is 19.9. The summed E-state index contributed by atoms with van der Waals surface area (Å²) in [5, 5.41) is 13.1. The lowest BCUT2D eigenvalue weighted by Gasteiger charge is -2.35. The number of carbonyl (C=O) groups excluding carboxylic acids is 1. The van der Waals surface area contributed by atoms with Crippen molar-refractivity contribution in [3.63, 3.8) is 0 Å². The Morgan fingerprint density at radius 1 is 1.03 bits per heavy atom. The van der Waals surface area contributed by atoms with Gasteiger partial charge in [0.25, 0.3) is 5.91 Å². The monoisotopic (exact) mass is 511 g/mol. The van der Waals surface area contributed by atoms with Crippen molar-refractivity contribution in [3.8, 4) is 23.0 Å². The number of nitrogens with one attached hydrogen (secondary N) is 1. The summed E-state index contributed by atoms with van der Waals surface area (Å²) in [6.45, 7) is 0.517. The van der Waals surface area contributed by atoms with Crippen molar-refractivity contribution in [1.82, 2.24) is 5.32 Å². The number of amides is 1. The summed E-state index contributed by atoms with van der Waals surface area (Å²) < 4.78 is 22.4. The molecular formula is C27H26ClNO7. The lowest BCUT2D eigenvalue weighted by atomic mass is 9.87. The molecule has 4 rings (SSSR count). The van der Waals surface area contributed by atoms with Crippen molar-refractivity contribution in [3.05, 3.63) is 82.4 Å². The van der Waals surface area contributed by atoms with Gasteiger partial charge >= 0.3 is 5.97 Å². The summed E-state index contributed by atoms with van der Waals surface area (Å²) in [4.78, 5) is 25.1. The molecular weight excluding hydrogens is 486 g/mol. The standard InChI is InChI=1S/C27H26ClNO7/c1-33-21-8-5-9-22(34-2)18(21)12-14-29-25(30)17-10-11-24(20(28)16-17)36-27(26(31)32)13-15-35-23-7-4-3-6-19(23)27/h3-11,16H,12-15H2,1-2H3,(H,29,30)(H,31,32). The third kappa shape index (κ3) is 4.90. The molecule has 2 N–H and O–H groups in total. The summed E-state index contributed by atoms with van der Waals surface area (Å²) in [5.41, 5.74) is -0.0828. The Morgan fingerprint density at radius 2 is 1.75 bits per heavy atom. The highest BCUT2D eigenvalue weighted by molar-refractivity contribution is 6.32. The maximum atomic E-state index is 12.7. The van der Waals surface area contributed by atoms with Crippen LogP contribution in [0.5, 0.6) is 23.0 Å². The first kappa shape index (κ1) is 25.2. The molecule has 0 fully saturated rings. The van der Waals surface area contributed by atoms with Gasteiger partial charge in [-0.05, 0) is 42.8 Å². The van der Waals surface area contributed by atoms with Gasteiger partial charge in [0.05, 0.1) is 25.8 Å². The molecule has 1 unspecified atom stereocenters. The number of aliphatic carboxylic acids is 1. The Bertz CT molecular complexity index is 1260. The molecule has 3 aromatic carbocycles. The van der Waals surface area contributed by atoms with Crippen molar-refractivity contribution in [2.75, 3.05) is 27.4 Å². The summed E-state index contributed by atoms with van der Waals surface area (Å²) in [6, 6.07) is 16.9. The van der Waals surface area contributed by atoms with Crippen LogP contribution in [0.1, 0.15) is 27.9 Å². The SMILES string of the molecule is COc1cccc(OC)c1CCNC(=O)c1ccc(OC2(C(=O)O)CCOc3ccccc32)c(Cl)c1. The van der Waals surface area contributed by atoms with Gasteiger partial charge in [-0.2, -0.15) is 0 Å². The summed E-state index contributed by atoms with van der Waals surface area (Å²) in [7, 11) is 3.16. The zero-order chi connectivity index (χ0) is 25.7. The first-order valence-corrected chi connectivity index (χ1v) is 11.7. The predicted octanol–water partition coefficient (Wildman–Crippen LogP) is 4.47. The predicted molar refractivity (Wildman–Crippen MR) is 134 cm³/mol. The van der Waals surface area contributed by atoms with Crippen molar-refractivity contribution in [2.45, 2.75) is 18.4 Å². The Balaban J connectivity index is 1.48. The van der Waals surface area contributed by atoms with Gasteiger partial charge in [0, 0.05) is 29.7 Å². The third-order valence-electron chi connectivity index (χ3n) is 6.05. The minimum Gasteiger partial charge on any atom is -0.496 e. The highest BCUT2D eigenvalue weighted by atomic mass is 35.5. The third-order valence-corrected chi connectivity index (χ3v) is 6.34. The molecule has 188 valence electrons. The molecule has 9 heteroatoms. The van der Waals surface area contributed by atoms with Crippen LogP contribution in [0.3, 0.4) is 0 Å². The second kappa shape index (κ2) is 10.8. The number of halogens is 1. The number of carbonyl (C=O) groups is 2. The number of hydrogen-bond donors (Lipinski definition) is 2. The van der Waals surface area contributed by atoms with Crippen LogP contribution in [0.4, 0.5) is 0 Å². The molecule has 1 aliphatic heterocycles. The second-order valence-electron chi connectivity index (χ2n) is 8.12. The molecule has 8 nitrogen and oxygen atoms in total. The molecule has 0 radical (unpaired) electrons. The zero-order valence-corrected chi connectivity index (χ0v) is 20.6. The Morgan fingerprint density at radius 3 is 2.42 bits per heavy atom. The van der Waals surface area contributed by atoms with Crippen LogP contribution in [-0.2, 0) is 16.8 Å². The van der Waals surface area contributed by atoms with Crippen LogP contribution < -0.4 is 24.3 Å². The van der Waals surface area contributed by atoms with E-state index in [0.717, 1.165) is 5.56 Å². The molecule has 1 amide bonds. The van der Waals surface area contributed by atoms with Crippen LogP contribution in [0.25, 0.3) is 0 Å². The van der Waals surface area contributed by atoms with E-state index >= 15 is 0 Å². The number of rotatable bonds is 9. The number of carboxylic acid groups (broad SMARTS) is 1. The van der Waals surface area contributed by atoms with E-state index in [1.165, 1.54) is 12.1 Å². The smallest absolute Gasteiger partial charge is 0.353 e. The minimum atomic E-state index is -1.66. The average molecular weight is 512 g/mol. The number of methoxy groups -OCH3 is 2. The number of ether oxygens (including phenoxy) is 4. The second-order valence-corrected chi connectivity index (χ2v) is 8.53. The normalized spacial score (nSPS) is 16.3. The quantitative estimate of drug-likeness (QED) is 0.437. The maximum absolute atomic E-state index is 12.7. The highest BCUT2D eigenvalue weighted by Gasteiger charge is 2.47. The first-order valence-electron chi connectivity index (χ1n) is 11.3. The van der Waals surface area contributed by atoms with Crippen LogP contribution in [0, 0.1) is 0 Å². The van der Waals surface area contributed by atoms with E-state index in [-0.39, 0.29) is 29.7 Å². The van der Waals surface area contributed by atoms with Crippen molar-refractivity contribution in [1.29, 1.82) is 0 Å². The van der Waals surface area contributed by atoms with Crippen molar-refractivity contribution >= 4 is 23.5 Å². The van der Waals surface area contributed by atoms with E-state index in [2.05, 4.69) is 5.32 Å². The molecule has 0 bridgehead atoms. The molecule has 3 aromatic rings. The van der Waals surface area contributed by atoms with Gasteiger partial charge in [0.1, 0.15) is 23.0 Å². The number of para-hydroxylation sites is 1. The molecule has 0 spiro atoms. The van der Waals surface area contributed by atoms with Crippen LogP contribution >= 0.6 is 11.6 Å². The van der Waals surface area contributed by atoms with Gasteiger partial charge in [-0.1, -0.05) is 35.9 Å². The van der Waals surface area contributed by atoms with E-state index in [1.807, 2.05) is 18.2 Å². The van der Waals surface area contributed by atoms with Crippen LogP contribution in [-0.4, -0.2) is 44.4 Å². The first-order chi connectivity index (χ1) is 17.4. The topological polar surface area (TPSA) is 103 Å². The van der Waals surface area contributed by atoms with Gasteiger partial charge < -0.3 is 29.4 Å². The minimum absolute atomic E-state index is 0.102. The highest BCUT2D eigenvalue weighted by Crippen LogP contribution is 2.42. The fourth-order valence-electron chi connectivity index (χ4n) is 4.23.